The minimum Gasteiger partial charge on any atom is -0.302 e. The number of nitrogens with one attached hydrogen (secondary N) is 1. The zero-order chi connectivity index (χ0) is 18.8. The summed E-state index contributed by atoms with van der Waals surface area (Å²) >= 11 is 17.1. The van der Waals surface area contributed by atoms with Crippen LogP contribution in [0.2, 0.25) is 10.0 Å². The molecule has 0 aliphatic rings. The van der Waals surface area contributed by atoms with Gasteiger partial charge in [0.1, 0.15) is 5.69 Å². The molecule has 27 heavy (non-hydrogen) atoms. The molecule has 3 heterocycles. The number of nitrogens with zero attached hydrogens (tertiary/aromatic N) is 1. The molecule has 3 nitrogen and oxygen atoms in total. The molecule has 0 atom stereocenters. The highest BCUT2D eigenvalue weighted by Gasteiger charge is 2.18. The zero-order valence-electron chi connectivity index (χ0n) is 13.7. The van der Waals surface area contributed by atoms with E-state index in [0.717, 1.165) is 20.3 Å². The highest BCUT2D eigenvalue weighted by Crippen LogP contribution is 2.42. The van der Waals surface area contributed by atoms with Crippen molar-refractivity contribution >= 4 is 68.3 Å². The molecule has 0 bridgehead atoms. The van der Waals surface area contributed by atoms with Crippen molar-refractivity contribution in [2.24, 2.45) is 0 Å². The van der Waals surface area contributed by atoms with Gasteiger partial charge in [0.2, 0.25) is 5.91 Å². The second kappa shape index (κ2) is 8.12. The van der Waals surface area contributed by atoms with Crippen molar-refractivity contribution in [3.63, 3.8) is 0 Å². The number of anilines is 1. The number of carbonyl (C=O) groups is 1. The van der Waals surface area contributed by atoms with Gasteiger partial charge in [0.25, 0.3) is 0 Å². The van der Waals surface area contributed by atoms with Crippen molar-refractivity contribution in [1.29, 1.82) is 0 Å². The Hall–Kier alpha value is -1.70. The van der Waals surface area contributed by atoms with Crippen molar-refractivity contribution in [1.82, 2.24) is 4.98 Å². The van der Waals surface area contributed by atoms with Gasteiger partial charge in [-0.05, 0) is 40.6 Å². The number of benzene rings is 1. The molecule has 3 aromatic heterocycles. The lowest BCUT2D eigenvalue weighted by atomic mass is 10.1. The second-order valence-corrected chi connectivity index (χ2v) is 9.29. The third-order valence-corrected chi connectivity index (χ3v) is 7.38. The number of hydrogen-bond donors (Lipinski definition) is 1. The molecule has 0 saturated carbocycles. The van der Waals surface area contributed by atoms with Gasteiger partial charge in [-0.2, -0.15) is 0 Å². The predicted octanol–water partition coefficient (Wildman–Crippen LogP) is 7.09. The van der Waals surface area contributed by atoms with Gasteiger partial charge in [0.15, 0.2) is 5.13 Å². The number of halogens is 2. The van der Waals surface area contributed by atoms with Crippen LogP contribution in [0.5, 0.6) is 0 Å². The lowest BCUT2D eigenvalue weighted by Gasteiger charge is -2.06. The summed E-state index contributed by atoms with van der Waals surface area (Å²) in [6.07, 6.45) is 0.0980. The molecule has 0 radical (unpaired) electrons. The van der Waals surface area contributed by atoms with Gasteiger partial charge in [-0.25, -0.2) is 4.98 Å². The molecule has 0 saturated heterocycles. The van der Waals surface area contributed by atoms with E-state index in [1.54, 1.807) is 40.9 Å². The normalized spacial score (nSPS) is 10.9. The standard InChI is InChI=1S/C19H12Cl2N2OS3/c20-12-4-1-5-13(21)11(12)10-16(24)22-19-23-17(14-6-2-8-25-14)18(27-19)15-7-3-9-26-15/h1-9H,10H2,(H,22,23,24). The number of carbonyl (C=O) groups excluding carboxylic acids is 1. The molecule has 1 N–H and O–H groups in total. The van der Waals surface area contributed by atoms with Gasteiger partial charge in [0, 0.05) is 14.9 Å². The number of amides is 1. The molecule has 4 aromatic rings. The largest absolute Gasteiger partial charge is 0.302 e. The molecule has 4 rings (SSSR count). The predicted molar refractivity (Wildman–Crippen MR) is 118 cm³/mol. The Labute approximate surface area is 178 Å². The van der Waals surface area contributed by atoms with Gasteiger partial charge in [-0.1, -0.05) is 52.7 Å². The van der Waals surface area contributed by atoms with E-state index >= 15 is 0 Å². The monoisotopic (exact) mass is 450 g/mol. The Morgan fingerprint density at radius 3 is 2.26 bits per heavy atom. The number of hydrogen-bond acceptors (Lipinski definition) is 5. The van der Waals surface area contributed by atoms with E-state index in [1.165, 1.54) is 11.3 Å². The summed E-state index contributed by atoms with van der Waals surface area (Å²) in [4.78, 5) is 20.5. The summed E-state index contributed by atoms with van der Waals surface area (Å²) in [5.41, 5.74) is 1.51. The highest BCUT2D eigenvalue weighted by atomic mass is 35.5. The Kier molecular flexibility index (Phi) is 5.61. The Balaban J connectivity index is 1.61. The molecule has 0 aliphatic carbocycles. The minimum atomic E-state index is -0.200. The first-order chi connectivity index (χ1) is 13.1. The Morgan fingerprint density at radius 1 is 0.963 bits per heavy atom. The fraction of sp³-hybridized carbons (Fsp3) is 0.0526. The molecule has 0 aliphatic heterocycles. The first kappa shape index (κ1) is 18.7. The summed E-state index contributed by atoms with van der Waals surface area (Å²) in [6, 6.07) is 13.3. The van der Waals surface area contributed by atoms with Gasteiger partial charge < -0.3 is 5.32 Å². The average molecular weight is 451 g/mol. The average Bonchev–Trinajstić information content (AvgIpc) is 3.38. The first-order valence-electron chi connectivity index (χ1n) is 7.93. The van der Waals surface area contributed by atoms with E-state index in [2.05, 4.69) is 16.4 Å². The van der Waals surface area contributed by atoms with Gasteiger partial charge >= 0.3 is 0 Å². The molecule has 1 aromatic carbocycles. The summed E-state index contributed by atoms with van der Waals surface area (Å²) in [5, 5.41) is 8.47. The lowest BCUT2D eigenvalue weighted by molar-refractivity contribution is -0.115. The van der Waals surface area contributed by atoms with Gasteiger partial charge in [-0.3, -0.25) is 4.79 Å². The smallest absolute Gasteiger partial charge is 0.230 e. The van der Waals surface area contributed by atoms with E-state index in [0.29, 0.717) is 20.7 Å². The summed E-state index contributed by atoms with van der Waals surface area (Å²) < 4.78 is 0. The van der Waals surface area contributed by atoms with Crippen LogP contribution in [-0.4, -0.2) is 10.9 Å². The van der Waals surface area contributed by atoms with Crippen LogP contribution in [0, 0.1) is 0 Å². The third kappa shape index (κ3) is 4.10. The third-order valence-electron chi connectivity index (χ3n) is 3.77. The zero-order valence-corrected chi connectivity index (χ0v) is 17.7. The van der Waals surface area contributed by atoms with Crippen LogP contribution >= 0.6 is 57.2 Å². The van der Waals surface area contributed by atoms with E-state index in [1.807, 2.05) is 29.0 Å². The van der Waals surface area contributed by atoms with E-state index in [4.69, 9.17) is 23.2 Å². The first-order valence-corrected chi connectivity index (χ1v) is 11.3. The van der Waals surface area contributed by atoms with Crippen LogP contribution in [0.25, 0.3) is 20.3 Å². The van der Waals surface area contributed by atoms with Crippen molar-refractivity contribution in [3.8, 4) is 20.3 Å². The van der Waals surface area contributed by atoms with Crippen molar-refractivity contribution < 1.29 is 4.79 Å². The molecular formula is C19H12Cl2N2OS3. The van der Waals surface area contributed by atoms with Gasteiger partial charge in [-0.15, -0.1) is 22.7 Å². The maximum atomic E-state index is 12.5. The lowest BCUT2D eigenvalue weighted by Crippen LogP contribution is -2.14. The number of aromatic nitrogens is 1. The van der Waals surface area contributed by atoms with Crippen LogP contribution in [0.4, 0.5) is 5.13 Å². The fourth-order valence-corrected chi connectivity index (χ4v) is 5.72. The van der Waals surface area contributed by atoms with Crippen LogP contribution in [-0.2, 0) is 11.2 Å². The highest BCUT2D eigenvalue weighted by molar-refractivity contribution is 7.24. The molecule has 136 valence electrons. The molecule has 0 fully saturated rings. The SMILES string of the molecule is O=C(Cc1c(Cl)cccc1Cl)Nc1nc(-c2cccs2)c(-c2cccs2)s1. The van der Waals surface area contributed by atoms with E-state index < -0.39 is 0 Å². The van der Waals surface area contributed by atoms with Crippen molar-refractivity contribution in [3.05, 3.63) is 68.8 Å². The summed E-state index contributed by atoms with van der Waals surface area (Å²) in [6.45, 7) is 0. The molecule has 0 spiro atoms. The van der Waals surface area contributed by atoms with Crippen LogP contribution in [0.15, 0.2) is 53.2 Å². The number of rotatable bonds is 5. The van der Waals surface area contributed by atoms with Crippen molar-refractivity contribution in [2.75, 3.05) is 5.32 Å². The quantitative estimate of drug-likeness (QED) is 0.352. The number of thiophene rings is 2. The molecule has 8 heteroatoms. The second-order valence-electron chi connectivity index (χ2n) is 5.58. The maximum Gasteiger partial charge on any atom is 0.230 e. The van der Waals surface area contributed by atoms with Crippen LogP contribution in [0.3, 0.4) is 0 Å². The summed E-state index contributed by atoms with van der Waals surface area (Å²) in [5.74, 6) is -0.200. The summed E-state index contributed by atoms with van der Waals surface area (Å²) in [7, 11) is 0. The molecule has 0 unspecified atom stereocenters. The van der Waals surface area contributed by atoms with Crippen molar-refractivity contribution in [2.45, 2.75) is 6.42 Å². The fourth-order valence-electron chi connectivity index (χ4n) is 2.55. The maximum absolute atomic E-state index is 12.5. The van der Waals surface area contributed by atoms with Crippen LogP contribution < -0.4 is 5.32 Å². The van der Waals surface area contributed by atoms with E-state index in [9.17, 15) is 4.79 Å². The van der Waals surface area contributed by atoms with Crippen LogP contribution in [0.1, 0.15) is 5.56 Å². The Morgan fingerprint density at radius 2 is 1.63 bits per heavy atom. The molecular weight excluding hydrogens is 439 g/mol. The Bertz CT molecular complexity index is 1000. The van der Waals surface area contributed by atoms with Gasteiger partial charge in [0.05, 0.1) is 16.2 Å². The molecule has 1 amide bonds. The number of thiazole rings is 1. The minimum absolute atomic E-state index is 0.0980. The topological polar surface area (TPSA) is 42.0 Å². The van der Waals surface area contributed by atoms with E-state index in [-0.39, 0.29) is 12.3 Å².